The van der Waals surface area contributed by atoms with Gasteiger partial charge in [-0.05, 0) is 26.0 Å². The molecule has 2 N–H and O–H groups in total. The van der Waals surface area contributed by atoms with E-state index < -0.39 is 5.41 Å². The number of nitrogens with one attached hydrogen (secondary N) is 1. The molecule has 88 valence electrons. The zero-order valence-corrected chi connectivity index (χ0v) is 9.65. The van der Waals surface area contributed by atoms with E-state index in [0.717, 1.165) is 0 Å². The van der Waals surface area contributed by atoms with E-state index in [-0.39, 0.29) is 17.5 Å². The molecule has 0 fully saturated rings. The molecule has 0 unspecified atom stereocenters. The molecule has 0 aliphatic carbocycles. The van der Waals surface area contributed by atoms with Crippen LogP contribution in [0.3, 0.4) is 0 Å². The number of pyridine rings is 1. The summed E-state index contributed by atoms with van der Waals surface area (Å²) in [4.78, 5) is 15.7. The van der Waals surface area contributed by atoms with Gasteiger partial charge < -0.3 is 15.2 Å². The molecule has 0 saturated carbocycles. The van der Waals surface area contributed by atoms with Gasteiger partial charge in [-0.25, -0.2) is 4.98 Å². The fraction of sp³-hybridized carbons (Fsp3) is 0.455. The first-order chi connectivity index (χ1) is 7.47. The molecule has 1 heterocycles. The molecule has 0 atom stereocenters. The molecule has 1 aromatic rings. The van der Waals surface area contributed by atoms with Crippen LogP contribution >= 0.6 is 0 Å². The fourth-order valence-electron chi connectivity index (χ4n) is 1.20. The Morgan fingerprint density at radius 1 is 1.62 bits per heavy atom. The SMILES string of the molecule is COCC(C)(C)C(=O)Nc1ncccc1O. The Labute approximate surface area is 94.5 Å². The van der Waals surface area contributed by atoms with Crippen LogP contribution in [0, 0.1) is 5.41 Å². The van der Waals surface area contributed by atoms with E-state index in [4.69, 9.17) is 4.74 Å². The van der Waals surface area contributed by atoms with Crippen molar-refractivity contribution in [3.8, 4) is 5.75 Å². The second-order valence-electron chi connectivity index (χ2n) is 4.14. The highest BCUT2D eigenvalue weighted by molar-refractivity contribution is 5.95. The van der Waals surface area contributed by atoms with E-state index in [1.165, 1.54) is 19.4 Å². The van der Waals surface area contributed by atoms with Gasteiger partial charge >= 0.3 is 0 Å². The summed E-state index contributed by atoms with van der Waals surface area (Å²) in [7, 11) is 1.53. The minimum Gasteiger partial charge on any atom is -0.504 e. The smallest absolute Gasteiger partial charge is 0.233 e. The lowest BCUT2D eigenvalue weighted by molar-refractivity contribution is -0.126. The summed E-state index contributed by atoms with van der Waals surface area (Å²) in [5, 5.41) is 12.0. The van der Waals surface area contributed by atoms with E-state index in [1.54, 1.807) is 19.9 Å². The number of hydrogen-bond donors (Lipinski definition) is 2. The highest BCUT2D eigenvalue weighted by Crippen LogP contribution is 2.22. The summed E-state index contributed by atoms with van der Waals surface area (Å²) in [5.41, 5.74) is -0.668. The minimum atomic E-state index is -0.668. The van der Waals surface area contributed by atoms with Crippen LogP contribution < -0.4 is 5.32 Å². The van der Waals surface area contributed by atoms with Gasteiger partial charge in [-0.1, -0.05) is 0 Å². The van der Waals surface area contributed by atoms with Crippen molar-refractivity contribution in [1.82, 2.24) is 4.98 Å². The molecule has 1 rings (SSSR count). The normalized spacial score (nSPS) is 11.2. The molecular weight excluding hydrogens is 208 g/mol. The second kappa shape index (κ2) is 4.94. The maximum absolute atomic E-state index is 11.8. The largest absolute Gasteiger partial charge is 0.504 e. The third-order valence-electron chi connectivity index (χ3n) is 2.14. The van der Waals surface area contributed by atoms with Crippen molar-refractivity contribution >= 4 is 11.7 Å². The molecule has 0 aromatic carbocycles. The molecular formula is C11H16N2O3. The van der Waals surface area contributed by atoms with Gasteiger partial charge in [0, 0.05) is 13.3 Å². The fourth-order valence-corrected chi connectivity index (χ4v) is 1.20. The lowest BCUT2D eigenvalue weighted by Crippen LogP contribution is -2.34. The molecule has 5 heteroatoms. The summed E-state index contributed by atoms with van der Waals surface area (Å²) >= 11 is 0. The lowest BCUT2D eigenvalue weighted by atomic mass is 9.93. The molecule has 5 nitrogen and oxygen atoms in total. The molecule has 0 spiro atoms. The number of hydrogen-bond acceptors (Lipinski definition) is 4. The van der Waals surface area contributed by atoms with Crippen LogP contribution in [0.25, 0.3) is 0 Å². The van der Waals surface area contributed by atoms with Gasteiger partial charge in [-0.15, -0.1) is 0 Å². The average Bonchev–Trinajstić information content (AvgIpc) is 2.21. The number of nitrogens with zero attached hydrogens (tertiary/aromatic N) is 1. The highest BCUT2D eigenvalue weighted by atomic mass is 16.5. The quantitative estimate of drug-likeness (QED) is 0.810. The maximum atomic E-state index is 11.8. The van der Waals surface area contributed by atoms with Crippen LogP contribution in [0.5, 0.6) is 5.75 Å². The molecule has 0 bridgehead atoms. The molecule has 0 saturated heterocycles. The monoisotopic (exact) mass is 224 g/mol. The first-order valence-electron chi connectivity index (χ1n) is 4.92. The van der Waals surface area contributed by atoms with Gasteiger partial charge in [0.05, 0.1) is 12.0 Å². The van der Waals surface area contributed by atoms with Crippen molar-refractivity contribution < 1.29 is 14.6 Å². The summed E-state index contributed by atoms with van der Waals surface area (Å²) in [5.74, 6) is -0.135. The van der Waals surface area contributed by atoms with Crippen molar-refractivity contribution in [2.24, 2.45) is 5.41 Å². The number of carbonyl (C=O) groups is 1. The standard InChI is InChI=1S/C11H16N2O3/c1-11(2,7-16-3)10(15)13-9-8(14)5-4-6-12-9/h4-6,14H,7H2,1-3H3,(H,12,13,15). The van der Waals surface area contributed by atoms with Gasteiger partial charge in [-0.2, -0.15) is 0 Å². The van der Waals surface area contributed by atoms with E-state index in [1.807, 2.05) is 0 Å². The number of amides is 1. The van der Waals surface area contributed by atoms with Crippen molar-refractivity contribution in [2.45, 2.75) is 13.8 Å². The molecule has 0 aliphatic rings. The first kappa shape index (κ1) is 12.4. The minimum absolute atomic E-state index is 0.0518. The van der Waals surface area contributed by atoms with E-state index in [0.29, 0.717) is 6.61 Å². The Kier molecular flexibility index (Phi) is 3.84. The summed E-state index contributed by atoms with van der Waals surface area (Å²) in [6, 6.07) is 3.05. The molecule has 0 radical (unpaired) electrons. The summed E-state index contributed by atoms with van der Waals surface area (Å²) in [6.07, 6.45) is 1.50. The summed E-state index contributed by atoms with van der Waals surface area (Å²) < 4.78 is 4.95. The van der Waals surface area contributed by atoms with Gasteiger partial charge in [-0.3, -0.25) is 4.79 Å². The van der Waals surface area contributed by atoms with E-state index in [9.17, 15) is 9.90 Å². The Morgan fingerprint density at radius 2 is 2.31 bits per heavy atom. The number of aromatic hydroxyl groups is 1. The first-order valence-corrected chi connectivity index (χ1v) is 4.92. The number of ether oxygens (including phenoxy) is 1. The molecule has 1 amide bonds. The number of methoxy groups -OCH3 is 1. The number of rotatable bonds is 4. The molecule has 0 aliphatic heterocycles. The number of aromatic nitrogens is 1. The zero-order chi connectivity index (χ0) is 12.2. The Balaban J connectivity index is 2.75. The van der Waals surface area contributed by atoms with Crippen LogP contribution in [0.2, 0.25) is 0 Å². The van der Waals surface area contributed by atoms with Gasteiger partial charge in [0.2, 0.25) is 5.91 Å². The maximum Gasteiger partial charge on any atom is 0.233 e. The molecule has 16 heavy (non-hydrogen) atoms. The average molecular weight is 224 g/mol. The zero-order valence-electron chi connectivity index (χ0n) is 9.65. The van der Waals surface area contributed by atoms with E-state index >= 15 is 0 Å². The predicted molar refractivity (Wildman–Crippen MR) is 60.2 cm³/mol. The van der Waals surface area contributed by atoms with Crippen LogP contribution in [-0.4, -0.2) is 29.7 Å². The van der Waals surface area contributed by atoms with Crippen molar-refractivity contribution in [2.75, 3.05) is 19.0 Å². The number of anilines is 1. The van der Waals surface area contributed by atoms with Crippen LogP contribution in [-0.2, 0) is 9.53 Å². The highest BCUT2D eigenvalue weighted by Gasteiger charge is 2.28. The number of carbonyl (C=O) groups excluding carboxylic acids is 1. The predicted octanol–water partition coefficient (Wildman–Crippen LogP) is 1.40. The molecule has 1 aromatic heterocycles. The van der Waals surface area contributed by atoms with Crippen molar-refractivity contribution in [3.63, 3.8) is 0 Å². The Hall–Kier alpha value is -1.62. The van der Waals surface area contributed by atoms with Crippen LogP contribution in [0.4, 0.5) is 5.82 Å². The van der Waals surface area contributed by atoms with Gasteiger partial charge in [0.15, 0.2) is 11.6 Å². The van der Waals surface area contributed by atoms with Crippen LogP contribution in [0.1, 0.15) is 13.8 Å². The van der Waals surface area contributed by atoms with Gasteiger partial charge in [0.25, 0.3) is 0 Å². The Bertz CT molecular complexity index is 377. The second-order valence-corrected chi connectivity index (χ2v) is 4.14. The third kappa shape index (κ3) is 2.93. The van der Waals surface area contributed by atoms with Crippen molar-refractivity contribution in [1.29, 1.82) is 0 Å². The lowest BCUT2D eigenvalue weighted by Gasteiger charge is -2.22. The van der Waals surface area contributed by atoms with E-state index in [2.05, 4.69) is 10.3 Å². The van der Waals surface area contributed by atoms with Crippen molar-refractivity contribution in [3.05, 3.63) is 18.3 Å². The van der Waals surface area contributed by atoms with Gasteiger partial charge in [0.1, 0.15) is 0 Å². The summed E-state index contributed by atoms with van der Waals surface area (Å²) in [6.45, 7) is 3.81. The third-order valence-corrected chi connectivity index (χ3v) is 2.14. The Morgan fingerprint density at radius 3 is 2.88 bits per heavy atom. The van der Waals surface area contributed by atoms with Crippen LogP contribution in [0.15, 0.2) is 18.3 Å². The topological polar surface area (TPSA) is 71.5 Å².